The number of aromatic nitrogens is 1. The van der Waals surface area contributed by atoms with Crippen molar-refractivity contribution in [2.75, 3.05) is 5.32 Å². The minimum atomic E-state index is -0.798. The summed E-state index contributed by atoms with van der Waals surface area (Å²) in [6.45, 7) is 0. The number of amides is 2. The predicted octanol–water partition coefficient (Wildman–Crippen LogP) is 2.79. The topological polar surface area (TPSA) is 91.3 Å². The molecule has 7 heteroatoms. The van der Waals surface area contributed by atoms with E-state index in [1.807, 2.05) is 36.4 Å². The number of rotatable bonds is 4. The molecule has 2 aromatic rings. The quantitative estimate of drug-likeness (QED) is 0.808. The molecule has 1 saturated carbocycles. The third-order valence-corrected chi connectivity index (χ3v) is 4.34. The largest absolute Gasteiger partial charge is 0.481 e. The number of aliphatic carboxylic acids is 1. The van der Waals surface area contributed by atoms with Crippen LogP contribution in [0.25, 0.3) is 11.3 Å². The summed E-state index contributed by atoms with van der Waals surface area (Å²) < 4.78 is 4.31. The Kier molecular flexibility index (Phi) is 4.06. The van der Waals surface area contributed by atoms with Crippen LogP contribution in [-0.4, -0.2) is 27.5 Å². The van der Waals surface area contributed by atoms with E-state index in [0.29, 0.717) is 17.8 Å². The van der Waals surface area contributed by atoms with E-state index in [4.69, 9.17) is 5.11 Å². The van der Waals surface area contributed by atoms with E-state index in [0.717, 1.165) is 11.3 Å². The highest BCUT2D eigenvalue weighted by Gasteiger charge is 2.35. The summed E-state index contributed by atoms with van der Waals surface area (Å²) in [7, 11) is 0. The Labute approximate surface area is 131 Å². The summed E-state index contributed by atoms with van der Waals surface area (Å²) >= 11 is 1.21. The molecule has 1 aromatic carbocycles. The average molecular weight is 317 g/mol. The van der Waals surface area contributed by atoms with Crippen molar-refractivity contribution in [1.29, 1.82) is 0 Å². The fourth-order valence-electron chi connectivity index (χ4n) is 2.35. The molecule has 0 atom stereocenters. The van der Waals surface area contributed by atoms with Crippen LogP contribution in [0, 0.1) is 5.92 Å². The van der Waals surface area contributed by atoms with Crippen LogP contribution in [0.15, 0.2) is 36.4 Å². The predicted molar refractivity (Wildman–Crippen MR) is 83.9 cm³/mol. The molecule has 1 fully saturated rings. The molecule has 114 valence electrons. The number of carboxylic acid groups (broad SMARTS) is 1. The van der Waals surface area contributed by atoms with Crippen LogP contribution < -0.4 is 10.6 Å². The summed E-state index contributed by atoms with van der Waals surface area (Å²) in [5.41, 5.74) is 1.81. The second kappa shape index (κ2) is 6.15. The van der Waals surface area contributed by atoms with Crippen molar-refractivity contribution in [3.8, 4) is 11.3 Å². The number of anilines is 1. The van der Waals surface area contributed by atoms with Crippen LogP contribution in [0.3, 0.4) is 0 Å². The highest BCUT2D eigenvalue weighted by Crippen LogP contribution is 2.28. The van der Waals surface area contributed by atoms with Gasteiger partial charge < -0.3 is 10.4 Å². The molecule has 0 aliphatic heterocycles. The van der Waals surface area contributed by atoms with Crippen molar-refractivity contribution in [2.45, 2.75) is 18.9 Å². The summed E-state index contributed by atoms with van der Waals surface area (Å²) in [6, 6.07) is 11.2. The number of hydrogen-bond acceptors (Lipinski definition) is 4. The lowest BCUT2D eigenvalue weighted by Crippen LogP contribution is -2.48. The fraction of sp³-hybridized carbons (Fsp3) is 0.267. The van der Waals surface area contributed by atoms with Crippen LogP contribution in [-0.2, 0) is 4.79 Å². The van der Waals surface area contributed by atoms with Crippen molar-refractivity contribution in [3.63, 3.8) is 0 Å². The lowest BCUT2D eigenvalue weighted by Gasteiger charge is -2.32. The number of carbonyl (C=O) groups excluding carboxylic acids is 1. The minimum absolute atomic E-state index is 0.0670. The standard InChI is InChI=1S/C15H15N3O3S/c19-14(20)10-6-11(7-10)16-15(21)17-13-8-12(18-22-13)9-4-2-1-3-5-9/h1-5,8,10-11H,6-7H2,(H,19,20)(H2,16,17,21). The second-order valence-corrected chi connectivity index (χ2v) is 6.05. The molecule has 3 N–H and O–H groups in total. The van der Waals surface area contributed by atoms with Crippen molar-refractivity contribution in [1.82, 2.24) is 9.69 Å². The number of nitrogens with zero attached hydrogens (tertiary/aromatic N) is 1. The van der Waals surface area contributed by atoms with Crippen LogP contribution in [0.4, 0.5) is 9.80 Å². The highest BCUT2D eigenvalue weighted by atomic mass is 32.1. The molecule has 0 saturated heterocycles. The lowest BCUT2D eigenvalue weighted by molar-refractivity contribution is -0.145. The van der Waals surface area contributed by atoms with Gasteiger partial charge in [0, 0.05) is 17.7 Å². The first-order chi connectivity index (χ1) is 10.6. The molecule has 22 heavy (non-hydrogen) atoms. The van der Waals surface area contributed by atoms with Crippen molar-refractivity contribution < 1.29 is 14.7 Å². The summed E-state index contributed by atoms with van der Waals surface area (Å²) in [5.74, 6) is -1.13. The summed E-state index contributed by atoms with van der Waals surface area (Å²) in [4.78, 5) is 22.6. The van der Waals surface area contributed by atoms with Gasteiger partial charge in [0.05, 0.1) is 11.6 Å². The Bertz CT molecular complexity index is 680. The molecule has 1 aliphatic rings. The Morgan fingerprint density at radius 2 is 1.95 bits per heavy atom. The second-order valence-electron chi connectivity index (χ2n) is 5.24. The first-order valence-corrected chi connectivity index (χ1v) is 7.71. The lowest BCUT2D eigenvalue weighted by atomic mass is 9.80. The molecule has 2 amide bonds. The van der Waals surface area contributed by atoms with E-state index in [1.54, 1.807) is 0 Å². The summed E-state index contributed by atoms with van der Waals surface area (Å²) in [6.07, 6.45) is 0.974. The zero-order valence-electron chi connectivity index (χ0n) is 11.7. The van der Waals surface area contributed by atoms with Gasteiger partial charge in [-0.1, -0.05) is 30.3 Å². The van der Waals surface area contributed by atoms with Gasteiger partial charge in [0.1, 0.15) is 5.00 Å². The van der Waals surface area contributed by atoms with Crippen molar-refractivity contribution in [3.05, 3.63) is 36.4 Å². The molecule has 1 aromatic heterocycles. The first kappa shape index (κ1) is 14.5. The van der Waals surface area contributed by atoms with E-state index in [2.05, 4.69) is 15.0 Å². The molecule has 1 heterocycles. The van der Waals surface area contributed by atoms with Crippen molar-refractivity contribution in [2.24, 2.45) is 5.92 Å². The van der Waals surface area contributed by atoms with E-state index in [1.165, 1.54) is 11.5 Å². The Morgan fingerprint density at radius 1 is 1.23 bits per heavy atom. The Balaban J connectivity index is 1.53. The maximum Gasteiger partial charge on any atom is 0.320 e. The number of carbonyl (C=O) groups is 2. The van der Waals surface area contributed by atoms with Gasteiger partial charge in [-0.3, -0.25) is 10.1 Å². The fourth-order valence-corrected chi connectivity index (χ4v) is 3.01. The molecule has 6 nitrogen and oxygen atoms in total. The van der Waals surface area contributed by atoms with Crippen LogP contribution in [0.2, 0.25) is 0 Å². The number of benzene rings is 1. The number of nitrogens with one attached hydrogen (secondary N) is 2. The summed E-state index contributed by atoms with van der Waals surface area (Å²) in [5, 5.41) is 15.0. The smallest absolute Gasteiger partial charge is 0.320 e. The van der Waals surface area contributed by atoms with E-state index in [-0.39, 0.29) is 18.0 Å². The maximum absolute atomic E-state index is 11.8. The van der Waals surface area contributed by atoms with Crippen LogP contribution in [0.1, 0.15) is 12.8 Å². The number of urea groups is 1. The molecular weight excluding hydrogens is 302 g/mol. The molecular formula is C15H15N3O3S. The average Bonchev–Trinajstić information content (AvgIpc) is 2.91. The van der Waals surface area contributed by atoms with E-state index >= 15 is 0 Å². The number of hydrogen-bond donors (Lipinski definition) is 3. The number of carboxylic acids is 1. The highest BCUT2D eigenvalue weighted by molar-refractivity contribution is 7.10. The van der Waals surface area contributed by atoms with Crippen LogP contribution >= 0.6 is 11.5 Å². The van der Waals surface area contributed by atoms with Crippen molar-refractivity contribution >= 4 is 28.5 Å². The molecule has 0 radical (unpaired) electrons. The van der Waals surface area contributed by atoms with Gasteiger partial charge in [0.2, 0.25) is 0 Å². The SMILES string of the molecule is O=C(Nc1cc(-c2ccccc2)ns1)NC1CC(C(=O)O)C1. The molecule has 0 bridgehead atoms. The van der Waals surface area contributed by atoms with Gasteiger partial charge in [0.15, 0.2) is 0 Å². The van der Waals surface area contributed by atoms with Gasteiger partial charge >= 0.3 is 12.0 Å². The van der Waals surface area contributed by atoms with Gasteiger partial charge in [-0.05, 0) is 24.4 Å². The monoisotopic (exact) mass is 317 g/mol. The zero-order chi connectivity index (χ0) is 15.5. The first-order valence-electron chi connectivity index (χ1n) is 6.94. The molecule has 3 rings (SSSR count). The third kappa shape index (κ3) is 3.25. The minimum Gasteiger partial charge on any atom is -0.481 e. The maximum atomic E-state index is 11.8. The van der Waals surface area contributed by atoms with Gasteiger partial charge in [-0.25, -0.2) is 4.79 Å². The van der Waals surface area contributed by atoms with Gasteiger partial charge in [-0.15, -0.1) is 0 Å². The molecule has 1 aliphatic carbocycles. The van der Waals surface area contributed by atoms with Gasteiger partial charge in [0.25, 0.3) is 0 Å². The van der Waals surface area contributed by atoms with E-state index < -0.39 is 5.97 Å². The molecule has 0 spiro atoms. The van der Waals surface area contributed by atoms with Crippen LogP contribution in [0.5, 0.6) is 0 Å². The third-order valence-electron chi connectivity index (χ3n) is 3.64. The Morgan fingerprint density at radius 3 is 2.64 bits per heavy atom. The molecule has 0 unspecified atom stereocenters. The van der Waals surface area contributed by atoms with Gasteiger partial charge in [-0.2, -0.15) is 4.37 Å². The van der Waals surface area contributed by atoms with E-state index in [9.17, 15) is 9.59 Å². The normalized spacial score (nSPS) is 20.0. The zero-order valence-corrected chi connectivity index (χ0v) is 12.5. The Hall–Kier alpha value is -2.41.